The van der Waals surface area contributed by atoms with Crippen LogP contribution in [0.3, 0.4) is 0 Å². The molecule has 0 aliphatic heterocycles. The monoisotopic (exact) mass is 400 g/mol. The summed E-state index contributed by atoms with van der Waals surface area (Å²) in [5, 5.41) is 16.0. The molecule has 1 fully saturated rings. The van der Waals surface area contributed by atoms with E-state index in [1.165, 1.54) is 11.1 Å². The first-order chi connectivity index (χ1) is 13.8. The maximum absolute atomic E-state index is 12.2. The standard InChI is InChI=1S/C22H32N4O3/c1-14-8-19-20(9-15(14)2)26(13-24-19)12-18(27)11-23-21(28)10-16(3)25-22(29)17-6-4-5-7-17/h8-9,13,16-18,27H,4-7,10-12H2,1-3H3,(H,23,28)(H,25,29). The third-order valence-corrected chi connectivity index (χ3v) is 5.79. The van der Waals surface area contributed by atoms with E-state index in [0.717, 1.165) is 36.7 Å². The van der Waals surface area contributed by atoms with Crippen LogP contribution in [0.5, 0.6) is 0 Å². The van der Waals surface area contributed by atoms with Crippen molar-refractivity contribution in [3.05, 3.63) is 29.6 Å². The predicted octanol–water partition coefficient (Wildman–Crippen LogP) is 2.22. The topological polar surface area (TPSA) is 96.2 Å². The molecule has 158 valence electrons. The first-order valence-corrected chi connectivity index (χ1v) is 10.5. The fraction of sp³-hybridized carbons (Fsp3) is 0.591. The Labute approximate surface area is 171 Å². The molecule has 7 nitrogen and oxygen atoms in total. The highest BCUT2D eigenvalue weighted by Crippen LogP contribution is 2.24. The first-order valence-electron chi connectivity index (χ1n) is 10.5. The van der Waals surface area contributed by atoms with Gasteiger partial charge in [0.2, 0.25) is 11.8 Å². The van der Waals surface area contributed by atoms with Crippen molar-refractivity contribution < 1.29 is 14.7 Å². The molecule has 2 unspecified atom stereocenters. The van der Waals surface area contributed by atoms with Crippen LogP contribution < -0.4 is 10.6 Å². The molecular weight excluding hydrogens is 368 g/mol. The van der Waals surface area contributed by atoms with Gasteiger partial charge in [0.15, 0.2) is 0 Å². The van der Waals surface area contributed by atoms with Gasteiger partial charge in [-0.3, -0.25) is 9.59 Å². The quantitative estimate of drug-likeness (QED) is 0.633. The van der Waals surface area contributed by atoms with E-state index in [2.05, 4.69) is 35.5 Å². The van der Waals surface area contributed by atoms with Crippen molar-refractivity contribution in [3.63, 3.8) is 0 Å². The molecule has 2 atom stereocenters. The number of hydrogen-bond acceptors (Lipinski definition) is 4. The summed E-state index contributed by atoms with van der Waals surface area (Å²) in [7, 11) is 0. The minimum absolute atomic E-state index is 0.0559. The minimum atomic E-state index is -0.721. The Kier molecular flexibility index (Phi) is 6.90. The number of hydrogen-bond donors (Lipinski definition) is 3. The molecule has 0 spiro atoms. The van der Waals surface area contributed by atoms with Crippen molar-refractivity contribution in [3.8, 4) is 0 Å². The van der Waals surface area contributed by atoms with Crippen molar-refractivity contribution in [1.82, 2.24) is 20.2 Å². The van der Waals surface area contributed by atoms with Gasteiger partial charge in [0.05, 0.1) is 30.0 Å². The fourth-order valence-electron chi connectivity index (χ4n) is 3.93. The maximum Gasteiger partial charge on any atom is 0.223 e. The predicted molar refractivity (Wildman–Crippen MR) is 112 cm³/mol. The number of nitrogens with one attached hydrogen (secondary N) is 2. The third-order valence-electron chi connectivity index (χ3n) is 5.79. The van der Waals surface area contributed by atoms with E-state index in [1.54, 1.807) is 6.33 Å². The van der Waals surface area contributed by atoms with Crippen LogP contribution in [-0.2, 0) is 16.1 Å². The summed E-state index contributed by atoms with van der Waals surface area (Å²) in [5.74, 6) is -0.0228. The molecule has 0 saturated heterocycles. The van der Waals surface area contributed by atoms with Gasteiger partial charge in [-0.25, -0.2) is 4.98 Å². The Bertz CT molecular complexity index is 870. The fourth-order valence-corrected chi connectivity index (χ4v) is 3.93. The molecule has 0 bridgehead atoms. The highest BCUT2D eigenvalue weighted by Gasteiger charge is 2.24. The van der Waals surface area contributed by atoms with Crippen LogP contribution in [0, 0.1) is 19.8 Å². The molecule has 1 saturated carbocycles. The summed E-state index contributed by atoms with van der Waals surface area (Å²) in [4.78, 5) is 28.7. The van der Waals surface area contributed by atoms with Crippen molar-refractivity contribution in [2.45, 2.75) is 71.6 Å². The average molecular weight is 401 g/mol. The maximum atomic E-state index is 12.2. The van der Waals surface area contributed by atoms with E-state index in [9.17, 15) is 14.7 Å². The molecule has 1 aromatic carbocycles. The molecule has 1 aliphatic rings. The molecule has 7 heteroatoms. The van der Waals surface area contributed by atoms with Crippen LogP contribution in [0.2, 0.25) is 0 Å². The Balaban J connectivity index is 1.44. The molecule has 0 radical (unpaired) electrons. The number of imidazole rings is 1. The van der Waals surface area contributed by atoms with E-state index >= 15 is 0 Å². The van der Waals surface area contributed by atoms with E-state index in [-0.39, 0.29) is 36.7 Å². The van der Waals surface area contributed by atoms with Crippen LogP contribution in [0.25, 0.3) is 11.0 Å². The highest BCUT2D eigenvalue weighted by molar-refractivity contribution is 5.81. The van der Waals surface area contributed by atoms with Crippen LogP contribution in [0.1, 0.15) is 50.2 Å². The number of aromatic nitrogens is 2. The Morgan fingerprint density at radius 2 is 1.93 bits per heavy atom. The molecule has 2 aromatic rings. The van der Waals surface area contributed by atoms with E-state index < -0.39 is 6.10 Å². The minimum Gasteiger partial charge on any atom is -0.389 e. The van der Waals surface area contributed by atoms with Gasteiger partial charge < -0.3 is 20.3 Å². The van der Waals surface area contributed by atoms with E-state index in [4.69, 9.17) is 0 Å². The van der Waals surface area contributed by atoms with Gasteiger partial charge in [0.1, 0.15) is 0 Å². The largest absolute Gasteiger partial charge is 0.389 e. The average Bonchev–Trinajstić information content (AvgIpc) is 3.32. The number of aryl methyl sites for hydroxylation is 2. The van der Waals surface area contributed by atoms with Crippen LogP contribution in [-0.4, -0.2) is 45.2 Å². The van der Waals surface area contributed by atoms with Crippen molar-refractivity contribution in [2.75, 3.05) is 6.54 Å². The number of aliphatic hydroxyl groups is 1. The van der Waals surface area contributed by atoms with Crippen molar-refractivity contribution in [1.29, 1.82) is 0 Å². The number of benzene rings is 1. The van der Waals surface area contributed by atoms with E-state index in [0.29, 0.717) is 6.54 Å². The SMILES string of the molecule is Cc1cc2ncn(CC(O)CNC(=O)CC(C)NC(=O)C3CCCC3)c2cc1C. The number of fused-ring (bicyclic) bond motifs is 1. The second-order valence-electron chi connectivity index (χ2n) is 8.38. The summed E-state index contributed by atoms with van der Waals surface area (Å²) in [6, 6.07) is 3.89. The first kappa shape index (κ1) is 21.3. The van der Waals surface area contributed by atoms with Gasteiger partial charge in [-0.15, -0.1) is 0 Å². The zero-order valence-corrected chi connectivity index (χ0v) is 17.6. The molecule has 2 amide bonds. The molecular formula is C22H32N4O3. The number of carbonyl (C=O) groups is 2. The zero-order valence-electron chi connectivity index (χ0n) is 17.6. The summed E-state index contributed by atoms with van der Waals surface area (Å²) in [6.45, 7) is 6.45. The molecule has 29 heavy (non-hydrogen) atoms. The lowest BCUT2D eigenvalue weighted by molar-refractivity contribution is -0.126. The third kappa shape index (κ3) is 5.56. The van der Waals surface area contributed by atoms with Gasteiger partial charge >= 0.3 is 0 Å². The van der Waals surface area contributed by atoms with Crippen LogP contribution in [0.4, 0.5) is 0 Å². The molecule has 3 N–H and O–H groups in total. The molecule has 3 rings (SSSR count). The number of rotatable bonds is 8. The van der Waals surface area contributed by atoms with Crippen molar-refractivity contribution in [2.24, 2.45) is 5.92 Å². The summed E-state index contributed by atoms with van der Waals surface area (Å²) in [6.07, 6.45) is 5.30. The highest BCUT2D eigenvalue weighted by atomic mass is 16.3. The lowest BCUT2D eigenvalue weighted by Crippen LogP contribution is -2.41. The number of nitrogens with zero attached hydrogens (tertiary/aromatic N) is 2. The zero-order chi connectivity index (χ0) is 21.0. The van der Waals surface area contributed by atoms with Gasteiger partial charge in [-0.05, 0) is 56.9 Å². The molecule has 1 aromatic heterocycles. The number of aliphatic hydroxyl groups excluding tert-OH is 1. The van der Waals surface area contributed by atoms with Gasteiger partial charge in [0.25, 0.3) is 0 Å². The summed E-state index contributed by atoms with van der Waals surface area (Å²) in [5.41, 5.74) is 4.23. The van der Waals surface area contributed by atoms with Crippen LogP contribution >= 0.6 is 0 Å². The second-order valence-corrected chi connectivity index (χ2v) is 8.38. The smallest absolute Gasteiger partial charge is 0.223 e. The van der Waals surface area contributed by atoms with Crippen molar-refractivity contribution >= 4 is 22.8 Å². The summed E-state index contributed by atoms with van der Waals surface area (Å²) < 4.78 is 1.91. The second kappa shape index (κ2) is 9.39. The van der Waals surface area contributed by atoms with Gasteiger partial charge in [-0.1, -0.05) is 12.8 Å². The number of amides is 2. The Morgan fingerprint density at radius 1 is 1.24 bits per heavy atom. The van der Waals surface area contributed by atoms with Gasteiger partial charge in [0, 0.05) is 24.9 Å². The summed E-state index contributed by atoms with van der Waals surface area (Å²) >= 11 is 0. The Morgan fingerprint density at radius 3 is 2.66 bits per heavy atom. The van der Waals surface area contributed by atoms with Crippen LogP contribution in [0.15, 0.2) is 18.5 Å². The van der Waals surface area contributed by atoms with E-state index in [1.807, 2.05) is 17.6 Å². The molecule has 1 heterocycles. The normalized spacial score (nSPS) is 16.7. The number of carbonyl (C=O) groups excluding carboxylic acids is 2. The lowest BCUT2D eigenvalue weighted by atomic mass is 10.1. The lowest BCUT2D eigenvalue weighted by Gasteiger charge is -2.18. The molecule has 1 aliphatic carbocycles. The Hall–Kier alpha value is -2.41. The van der Waals surface area contributed by atoms with Gasteiger partial charge in [-0.2, -0.15) is 0 Å².